The molecule has 2 atom stereocenters. The first-order valence-electron chi connectivity index (χ1n) is 9.71. The number of nitrogens with zero attached hydrogens (tertiary/aromatic N) is 2. The number of aromatic amines is 1. The number of hydrogen-bond donors (Lipinski definition) is 3. The van der Waals surface area contributed by atoms with Crippen LogP contribution in [-0.2, 0) is 0 Å². The highest BCUT2D eigenvalue weighted by Gasteiger charge is 2.23. The normalized spacial score (nSPS) is 19.7. The molecule has 0 aliphatic carbocycles. The van der Waals surface area contributed by atoms with Crippen molar-refractivity contribution in [3.63, 3.8) is 0 Å². The average Bonchev–Trinajstić information content (AvgIpc) is 2.66. The molecule has 6 nitrogen and oxygen atoms in total. The Bertz CT molecular complexity index is 1180. The number of fused-ring (bicyclic) bond motifs is 1. The number of benzene rings is 2. The predicted molar refractivity (Wildman–Crippen MR) is 122 cm³/mol. The smallest absolute Gasteiger partial charge is 0.258 e. The van der Waals surface area contributed by atoms with Crippen LogP contribution < -0.4 is 15.8 Å². The number of aromatic nitrogens is 1. The second-order valence-electron chi connectivity index (χ2n) is 7.67. The molecule has 0 bridgehead atoms. The maximum Gasteiger partial charge on any atom is 0.258 e. The topological polar surface area (TPSA) is 80.7 Å². The number of pyridine rings is 1. The molecule has 0 saturated carbocycles. The Labute approximate surface area is 181 Å². The van der Waals surface area contributed by atoms with E-state index in [9.17, 15) is 14.3 Å². The first-order valence-corrected chi connectivity index (χ1v) is 10.5. The summed E-state index contributed by atoms with van der Waals surface area (Å²) in [5, 5.41) is 14.6. The minimum absolute atomic E-state index is 0.279. The van der Waals surface area contributed by atoms with Crippen molar-refractivity contribution >= 4 is 44.3 Å². The van der Waals surface area contributed by atoms with E-state index in [2.05, 4.69) is 45.1 Å². The Morgan fingerprint density at radius 2 is 1.90 bits per heavy atom. The van der Waals surface area contributed by atoms with Gasteiger partial charge in [-0.1, -0.05) is 15.9 Å². The summed E-state index contributed by atoms with van der Waals surface area (Å²) in [6, 6.07) is 10.6. The minimum atomic E-state index is -0.387. The molecule has 3 N–H and O–H groups in total. The van der Waals surface area contributed by atoms with Crippen molar-refractivity contribution in [1.29, 1.82) is 0 Å². The highest BCUT2D eigenvalue weighted by Crippen LogP contribution is 2.28. The van der Waals surface area contributed by atoms with Gasteiger partial charge >= 0.3 is 0 Å². The van der Waals surface area contributed by atoms with E-state index < -0.39 is 0 Å². The van der Waals surface area contributed by atoms with E-state index in [0.29, 0.717) is 27.7 Å². The Hall–Kier alpha value is -2.71. The molecule has 0 radical (unpaired) electrons. The van der Waals surface area contributed by atoms with Crippen LogP contribution in [0, 0.1) is 5.82 Å². The third kappa shape index (κ3) is 4.11. The van der Waals surface area contributed by atoms with Crippen molar-refractivity contribution in [1.82, 2.24) is 10.3 Å². The summed E-state index contributed by atoms with van der Waals surface area (Å²) in [7, 11) is 0. The second-order valence-corrected chi connectivity index (χ2v) is 8.59. The summed E-state index contributed by atoms with van der Waals surface area (Å²) in [5.41, 5.74) is 0.943. The van der Waals surface area contributed by atoms with Crippen molar-refractivity contribution < 1.29 is 9.50 Å². The highest BCUT2D eigenvalue weighted by molar-refractivity contribution is 9.10. The van der Waals surface area contributed by atoms with Gasteiger partial charge in [0.05, 0.1) is 16.9 Å². The number of halogens is 2. The van der Waals surface area contributed by atoms with Gasteiger partial charge in [0.2, 0.25) is 5.88 Å². The third-order valence-electron chi connectivity index (χ3n) is 5.18. The number of aromatic hydroxyl groups is 1. The lowest BCUT2D eigenvalue weighted by atomic mass is 10.1. The fourth-order valence-corrected chi connectivity index (χ4v) is 4.29. The molecule has 30 heavy (non-hydrogen) atoms. The molecule has 0 amide bonds. The Balaban J connectivity index is 1.66. The zero-order valence-electron chi connectivity index (χ0n) is 16.6. The largest absolute Gasteiger partial charge is 0.494 e. The lowest BCUT2D eigenvalue weighted by Crippen LogP contribution is -2.54. The van der Waals surface area contributed by atoms with Gasteiger partial charge in [-0.15, -0.1) is 0 Å². The van der Waals surface area contributed by atoms with E-state index in [-0.39, 0.29) is 29.3 Å². The number of piperazine rings is 1. The summed E-state index contributed by atoms with van der Waals surface area (Å²) < 4.78 is 15.6. The lowest BCUT2D eigenvalue weighted by molar-refractivity contribution is 0.404. The van der Waals surface area contributed by atoms with Gasteiger partial charge < -0.3 is 15.3 Å². The lowest BCUT2D eigenvalue weighted by Gasteiger charge is -2.37. The molecule has 4 rings (SSSR count). The molecule has 1 saturated heterocycles. The first kappa shape index (κ1) is 20.6. The van der Waals surface area contributed by atoms with Crippen LogP contribution in [0.25, 0.3) is 10.8 Å². The van der Waals surface area contributed by atoms with E-state index in [1.54, 1.807) is 30.3 Å². The average molecular weight is 473 g/mol. The van der Waals surface area contributed by atoms with Crippen molar-refractivity contribution in [2.75, 3.05) is 18.0 Å². The standard InChI is InChI=1S/C22H22BrFN4O2/c1-12-10-28(11-13(2)26-12)20-6-4-15(8-19(20)24)25-9-18-17-7-14(23)3-5-16(17)21(29)27-22(18)30/h3-9,12-13,26H,10-11H2,1-2H3,(H2,27,29,30)/t12-,13+. The van der Waals surface area contributed by atoms with E-state index in [4.69, 9.17) is 0 Å². The van der Waals surface area contributed by atoms with Crippen molar-refractivity contribution in [2.45, 2.75) is 25.9 Å². The zero-order valence-corrected chi connectivity index (χ0v) is 18.2. The van der Waals surface area contributed by atoms with Crippen LogP contribution in [-0.4, -0.2) is 41.5 Å². The van der Waals surface area contributed by atoms with Crippen LogP contribution in [0.15, 0.2) is 50.7 Å². The van der Waals surface area contributed by atoms with Crippen molar-refractivity contribution in [3.05, 3.63) is 62.6 Å². The molecule has 1 aromatic heterocycles. The Kier molecular flexibility index (Phi) is 5.62. The maximum absolute atomic E-state index is 14.8. The number of nitrogens with one attached hydrogen (secondary N) is 2. The van der Waals surface area contributed by atoms with Gasteiger partial charge in [-0.05, 0) is 44.2 Å². The molecule has 1 aliphatic rings. The molecule has 156 valence electrons. The molecular formula is C22H22BrFN4O2. The molecule has 3 aromatic rings. The van der Waals surface area contributed by atoms with Crippen LogP contribution >= 0.6 is 15.9 Å². The van der Waals surface area contributed by atoms with Crippen LogP contribution in [0.1, 0.15) is 19.4 Å². The zero-order chi connectivity index (χ0) is 21.4. The van der Waals surface area contributed by atoms with Crippen LogP contribution in [0.5, 0.6) is 5.88 Å². The van der Waals surface area contributed by atoms with Gasteiger partial charge in [0.15, 0.2) is 0 Å². The van der Waals surface area contributed by atoms with E-state index >= 15 is 0 Å². The van der Waals surface area contributed by atoms with Crippen LogP contribution in [0.3, 0.4) is 0 Å². The van der Waals surface area contributed by atoms with E-state index in [1.165, 1.54) is 12.3 Å². The van der Waals surface area contributed by atoms with E-state index in [1.807, 2.05) is 4.90 Å². The second kappa shape index (κ2) is 8.20. The maximum atomic E-state index is 14.8. The summed E-state index contributed by atoms with van der Waals surface area (Å²) >= 11 is 3.38. The Morgan fingerprint density at radius 1 is 1.17 bits per heavy atom. The number of hydrogen-bond acceptors (Lipinski definition) is 5. The molecule has 2 aromatic carbocycles. The summed E-state index contributed by atoms with van der Waals surface area (Å²) in [5.74, 6) is -0.625. The molecule has 1 fully saturated rings. The predicted octanol–water partition coefficient (Wildman–Crippen LogP) is 4.07. The molecular weight excluding hydrogens is 451 g/mol. The SMILES string of the molecule is C[C@@H]1CN(c2ccc(N=Cc3c(O)[nH]c(=O)c4ccc(Br)cc34)cc2F)C[C@H](C)N1. The quantitative estimate of drug-likeness (QED) is 0.501. The van der Waals surface area contributed by atoms with Crippen LogP contribution in [0.4, 0.5) is 15.8 Å². The summed E-state index contributed by atoms with van der Waals surface area (Å²) in [6.07, 6.45) is 1.43. The van der Waals surface area contributed by atoms with Gasteiger partial charge in [-0.25, -0.2) is 4.39 Å². The van der Waals surface area contributed by atoms with Gasteiger partial charge in [0.25, 0.3) is 5.56 Å². The summed E-state index contributed by atoms with van der Waals surface area (Å²) in [4.78, 5) is 20.9. The summed E-state index contributed by atoms with van der Waals surface area (Å²) in [6.45, 7) is 5.63. The third-order valence-corrected chi connectivity index (χ3v) is 5.67. The molecule has 2 heterocycles. The fraction of sp³-hybridized carbons (Fsp3) is 0.273. The molecule has 8 heteroatoms. The van der Waals surface area contributed by atoms with E-state index in [0.717, 1.165) is 17.6 Å². The fourth-order valence-electron chi connectivity index (χ4n) is 3.93. The van der Waals surface area contributed by atoms with Crippen molar-refractivity contribution in [2.24, 2.45) is 4.99 Å². The highest BCUT2D eigenvalue weighted by atomic mass is 79.9. The van der Waals surface area contributed by atoms with Gasteiger partial charge in [-0.3, -0.25) is 14.8 Å². The number of H-pyrrole nitrogens is 1. The van der Waals surface area contributed by atoms with Crippen LogP contribution in [0.2, 0.25) is 0 Å². The van der Waals surface area contributed by atoms with Gasteiger partial charge in [0, 0.05) is 52.7 Å². The van der Waals surface area contributed by atoms with Gasteiger partial charge in [-0.2, -0.15) is 0 Å². The number of rotatable bonds is 3. The molecule has 0 unspecified atom stereocenters. The Morgan fingerprint density at radius 3 is 2.60 bits per heavy atom. The number of anilines is 1. The minimum Gasteiger partial charge on any atom is -0.494 e. The molecule has 1 aliphatic heterocycles. The monoisotopic (exact) mass is 472 g/mol. The van der Waals surface area contributed by atoms with Crippen molar-refractivity contribution in [3.8, 4) is 5.88 Å². The first-order chi connectivity index (χ1) is 14.3. The van der Waals surface area contributed by atoms with Gasteiger partial charge in [0.1, 0.15) is 5.82 Å². The molecule has 0 spiro atoms. The number of aliphatic imine (C=N–C) groups is 1.